The Morgan fingerprint density at radius 3 is 2.88 bits per heavy atom. The molecule has 2 rings (SSSR count). The number of halogens is 2. The van der Waals surface area contributed by atoms with E-state index in [1.54, 1.807) is 0 Å². The maximum atomic E-state index is 12.9. The summed E-state index contributed by atoms with van der Waals surface area (Å²) in [6, 6.07) is 4.02. The van der Waals surface area contributed by atoms with Gasteiger partial charge in [-0.3, -0.25) is 4.79 Å². The fourth-order valence-corrected chi connectivity index (χ4v) is 2.34. The van der Waals surface area contributed by atoms with Gasteiger partial charge in [-0.25, -0.2) is 4.39 Å². The SMILES string of the molecule is O=C(NCC(O)C1CC1)c1ccc(F)cc1I. The summed E-state index contributed by atoms with van der Waals surface area (Å²) in [7, 11) is 0. The van der Waals surface area contributed by atoms with Crippen molar-refractivity contribution < 1.29 is 14.3 Å². The van der Waals surface area contributed by atoms with Gasteiger partial charge >= 0.3 is 0 Å². The van der Waals surface area contributed by atoms with Crippen LogP contribution in [0.25, 0.3) is 0 Å². The number of hydrogen-bond donors (Lipinski definition) is 2. The first-order valence-electron chi connectivity index (χ1n) is 5.49. The van der Waals surface area contributed by atoms with Crippen molar-refractivity contribution in [2.75, 3.05) is 6.54 Å². The van der Waals surface area contributed by atoms with Gasteiger partial charge in [0.2, 0.25) is 0 Å². The zero-order chi connectivity index (χ0) is 12.4. The van der Waals surface area contributed by atoms with Crippen LogP contribution in [0, 0.1) is 15.3 Å². The van der Waals surface area contributed by atoms with Gasteiger partial charge < -0.3 is 10.4 Å². The summed E-state index contributed by atoms with van der Waals surface area (Å²) in [6.45, 7) is 0.261. The van der Waals surface area contributed by atoms with E-state index < -0.39 is 6.10 Å². The summed E-state index contributed by atoms with van der Waals surface area (Å²) in [5.74, 6) is -0.291. The molecule has 1 atom stereocenters. The maximum Gasteiger partial charge on any atom is 0.252 e. The zero-order valence-corrected chi connectivity index (χ0v) is 11.3. The molecule has 1 amide bonds. The molecular weight excluding hydrogens is 336 g/mol. The molecule has 1 aliphatic carbocycles. The highest BCUT2D eigenvalue weighted by Crippen LogP contribution is 2.32. The van der Waals surface area contributed by atoms with E-state index >= 15 is 0 Å². The van der Waals surface area contributed by atoms with Crippen LogP contribution in [0.2, 0.25) is 0 Å². The number of carbonyl (C=O) groups excluding carboxylic acids is 1. The average Bonchev–Trinajstić information content (AvgIpc) is 3.09. The molecule has 0 saturated heterocycles. The highest BCUT2D eigenvalue weighted by Gasteiger charge is 2.29. The molecule has 1 aliphatic rings. The molecule has 1 fully saturated rings. The Morgan fingerprint density at radius 1 is 1.59 bits per heavy atom. The number of nitrogens with one attached hydrogen (secondary N) is 1. The van der Waals surface area contributed by atoms with Crippen molar-refractivity contribution in [1.29, 1.82) is 0 Å². The lowest BCUT2D eigenvalue weighted by Crippen LogP contribution is -2.33. The predicted octanol–water partition coefficient (Wildman–Crippen LogP) is 1.93. The van der Waals surface area contributed by atoms with Crippen LogP contribution in [0.5, 0.6) is 0 Å². The number of benzene rings is 1. The number of amides is 1. The monoisotopic (exact) mass is 349 g/mol. The first-order chi connectivity index (χ1) is 8.08. The fourth-order valence-electron chi connectivity index (χ4n) is 1.61. The minimum atomic E-state index is -0.461. The first-order valence-corrected chi connectivity index (χ1v) is 6.57. The Balaban J connectivity index is 1.94. The summed E-state index contributed by atoms with van der Waals surface area (Å²) in [4.78, 5) is 11.8. The van der Waals surface area contributed by atoms with E-state index in [-0.39, 0.29) is 18.3 Å². The number of rotatable bonds is 4. The van der Waals surface area contributed by atoms with Crippen molar-refractivity contribution in [2.45, 2.75) is 18.9 Å². The topological polar surface area (TPSA) is 49.3 Å². The molecule has 1 aromatic carbocycles. The molecule has 0 heterocycles. The molecule has 0 bridgehead atoms. The molecule has 1 unspecified atom stereocenters. The van der Waals surface area contributed by atoms with Gasteiger partial charge in [0.05, 0.1) is 11.7 Å². The molecule has 0 radical (unpaired) electrons. The van der Waals surface area contributed by atoms with Gasteiger partial charge in [0.1, 0.15) is 5.82 Å². The second kappa shape index (κ2) is 5.30. The largest absolute Gasteiger partial charge is 0.391 e. The van der Waals surface area contributed by atoms with E-state index in [9.17, 15) is 14.3 Å². The summed E-state index contributed by atoms with van der Waals surface area (Å²) >= 11 is 1.92. The van der Waals surface area contributed by atoms with E-state index in [0.717, 1.165) is 12.8 Å². The quantitative estimate of drug-likeness (QED) is 0.817. The number of carbonyl (C=O) groups is 1. The molecule has 1 saturated carbocycles. The lowest BCUT2D eigenvalue weighted by Gasteiger charge is -2.11. The van der Waals surface area contributed by atoms with E-state index in [1.165, 1.54) is 18.2 Å². The normalized spacial score (nSPS) is 16.6. The van der Waals surface area contributed by atoms with Crippen LogP contribution in [0.15, 0.2) is 18.2 Å². The molecule has 0 aliphatic heterocycles. The molecular formula is C12H13FINO2. The average molecular weight is 349 g/mol. The second-order valence-corrected chi connectivity index (χ2v) is 5.40. The standard InChI is InChI=1S/C12H13FINO2/c13-8-3-4-9(10(14)5-8)12(17)15-6-11(16)7-1-2-7/h3-5,7,11,16H,1-2,6H2,(H,15,17). The Morgan fingerprint density at radius 2 is 2.29 bits per heavy atom. The van der Waals surface area contributed by atoms with Gasteiger partial charge in [-0.1, -0.05) is 0 Å². The van der Waals surface area contributed by atoms with Gasteiger partial charge in [0.25, 0.3) is 5.91 Å². The summed E-state index contributed by atoms with van der Waals surface area (Å²) in [5, 5.41) is 12.3. The molecule has 1 aromatic rings. The van der Waals surface area contributed by atoms with Gasteiger partial charge in [-0.15, -0.1) is 0 Å². The molecule has 3 nitrogen and oxygen atoms in total. The van der Waals surface area contributed by atoms with Crippen molar-refractivity contribution in [3.63, 3.8) is 0 Å². The minimum absolute atomic E-state index is 0.261. The van der Waals surface area contributed by atoms with Crippen molar-refractivity contribution >= 4 is 28.5 Å². The van der Waals surface area contributed by atoms with Gasteiger partial charge in [0, 0.05) is 10.1 Å². The van der Waals surface area contributed by atoms with Crippen molar-refractivity contribution in [3.05, 3.63) is 33.1 Å². The highest BCUT2D eigenvalue weighted by molar-refractivity contribution is 14.1. The second-order valence-electron chi connectivity index (χ2n) is 4.24. The predicted molar refractivity (Wildman–Crippen MR) is 70.2 cm³/mol. The van der Waals surface area contributed by atoms with Crippen molar-refractivity contribution in [2.24, 2.45) is 5.92 Å². The third-order valence-corrected chi connectivity index (χ3v) is 3.71. The highest BCUT2D eigenvalue weighted by atomic mass is 127. The van der Waals surface area contributed by atoms with Crippen LogP contribution in [0.3, 0.4) is 0 Å². The number of hydrogen-bond acceptors (Lipinski definition) is 2. The van der Waals surface area contributed by atoms with Crippen LogP contribution in [0.4, 0.5) is 4.39 Å². The van der Waals surface area contributed by atoms with Gasteiger partial charge in [-0.2, -0.15) is 0 Å². The summed E-state index contributed by atoms with van der Waals surface area (Å²) in [5.41, 5.74) is 0.440. The van der Waals surface area contributed by atoms with Gasteiger partial charge in [0.15, 0.2) is 0 Å². The molecule has 0 spiro atoms. The maximum absolute atomic E-state index is 12.9. The van der Waals surface area contributed by atoms with Crippen LogP contribution in [-0.2, 0) is 0 Å². The van der Waals surface area contributed by atoms with Crippen LogP contribution >= 0.6 is 22.6 Å². The van der Waals surface area contributed by atoms with Crippen molar-refractivity contribution in [1.82, 2.24) is 5.32 Å². The molecule has 5 heteroatoms. The fraction of sp³-hybridized carbons (Fsp3) is 0.417. The Labute approximate surface area is 113 Å². The Kier molecular flexibility index (Phi) is 3.98. The molecule has 2 N–H and O–H groups in total. The zero-order valence-electron chi connectivity index (χ0n) is 9.12. The minimum Gasteiger partial charge on any atom is -0.391 e. The summed E-state index contributed by atoms with van der Waals surface area (Å²) < 4.78 is 13.4. The van der Waals surface area contributed by atoms with E-state index in [0.29, 0.717) is 15.1 Å². The molecule has 92 valence electrons. The number of aliphatic hydroxyl groups excluding tert-OH is 1. The van der Waals surface area contributed by atoms with Crippen LogP contribution in [0.1, 0.15) is 23.2 Å². The van der Waals surface area contributed by atoms with Crippen LogP contribution in [-0.4, -0.2) is 23.7 Å². The Bertz CT molecular complexity index is 435. The smallest absolute Gasteiger partial charge is 0.252 e. The molecule has 0 aromatic heterocycles. The van der Waals surface area contributed by atoms with E-state index in [4.69, 9.17) is 0 Å². The third kappa shape index (κ3) is 3.38. The lowest BCUT2D eigenvalue weighted by atomic mass is 10.2. The third-order valence-electron chi connectivity index (χ3n) is 2.81. The number of aliphatic hydroxyl groups is 1. The van der Waals surface area contributed by atoms with Gasteiger partial charge in [-0.05, 0) is 59.5 Å². The lowest BCUT2D eigenvalue weighted by molar-refractivity contribution is 0.0900. The summed E-state index contributed by atoms with van der Waals surface area (Å²) in [6.07, 6.45) is 1.60. The Hall–Kier alpha value is -0.690. The van der Waals surface area contributed by atoms with E-state index in [1.807, 2.05) is 22.6 Å². The van der Waals surface area contributed by atoms with Crippen LogP contribution < -0.4 is 5.32 Å². The first kappa shape index (κ1) is 12.8. The van der Waals surface area contributed by atoms with E-state index in [2.05, 4.69) is 5.32 Å². The van der Waals surface area contributed by atoms with Crippen molar-refractivity contribution in [3.8, 4) is 0 Å². The molecule has 17 heavy (non-hydrogen) atoms.